The van der Waals surface area contributed by atoms with E-state index in [1.807, 2.05) is 84.9 Å². The summed E-state index contributed by atoms with van der Waals surface area (Å²) in [6.07, 6.45) is 0. The lowest BCUT2D eigenvalue weighted by molar-refractivity contribution is -0.144. The summed E-state index contributed by atoms with van der Waals surface area (Å²) < 4.78 is 5.47. The highest BCUT2D eigenvalue weighted by atomic mass is 16.5. The van der Waals surface area contributed by atoms with E-state index in [1.54, 1.807) is 16.9 Å². The molecule has 0 aliphatic carbocycles. The fourth-order valence-electron chi connectivity index (χ4n) is 3.95. The molecule has 0 saturated carbocycles. The van der Waals surface area contributed by atoms with Crippen molar-refractivity contribution in [1.29, 1.82) is 0 Å². The van der Waals surface area contributed by atoms with Gasteiger partial charge in [0.25, 0.3) is 0 Å². The topological polar surface area (TPSA) is 53.1 Å². The Bertz CT molecular complexity index is 1050. The number of rotatable bonds is 5. The molecule has 1 aliphatic rings. The van der Waals surface area contributed by atoms with Crippen LogP contribution in [0.2, 0.25) is 0 Å². The number of nitrogens with zero attached hydrogens (tertiary/aromatic N) is 3. The van der Waals surface area contributed by atoms with E-state index in [2.05, 4.69) is 4.90 Å². The molecule has 1 fully saturated rings. The Morgan fingerprint density at radius 3 is 2.06 bits per heavy atom. The fourth-order valence-corrected chi connectivity index (χ4v) is 3.95. The largest absolute Gasteiger partial charge is 0.495 e. The third kappa shape index (κ3) is 4.75. The zero-order valence-electron chi connectivity index (χ0n) is 18.2. The average molecular weight is 430 g/mol. The van der Waals surface area contributed by atoms with E-state index >= 15 is 0 Å². The molecule has 4 rings (SSSR count). The van der Waals surface area contributed by atoms with E-state index in [-0.39, 0.29) is 0 Å². The van der Waals surface area contributed by atoms with Gasteiger partial charge in [-0.25, -0.2) is 0 Å². The van der Waals surface area contributed by atoms with Gasteiger partial charge in [-0.2, -0.15) is 0 Å². The Morgan fingerprint density at radius 2 is 1.41 bits per heavy atom. The SMILES string of the molecule is COc1ccccc1N1CCN(C(=O)C(=O)N(Cc2ccccc2)c2ccccc2)CC1. The van der Waals surface area contributed by atoms with Gasteiger partial charge in [-0.1, -0.05) is 60.7 Å². The Hall–Kier alpha value is -3.80. The number of carbonyl (C=O) groups excluding carboxylic acids is 2. The standard InChI is InChI=1S/C26H27N3O3/c1-32-24-15-9-8-14-23(24)27-16-18-28(19-17-27)25(30)26(31)29(22-12-6-3-7-13-22)20-21-10-4-2-5-11-21/h2-15H,16-20H2,1H3. The van der Waals surface area contributed by atoms with Gasteiger partial charge < -0.3 is 14.5 Å². The van der Waals surface area contributed by atoms with Gasteiger partial charge in [0.1, 0.15) is 5.75 Å². The third-order valence-corrected chi connectivity index (χ3v) is 5.67. The first-order valence-electron chi connectivity index (χ1n) is 10.7. The summed E-state index contributed by atoms with van der Waals surface area (Å²) in [5, 5.41) is 0. The highest BCUT2D eigenvalue weighted by molar-refractivity contribution is 6.40. The molecule has 0 atom stereocenters. The maximum atomic E-state index is 13.3. The van der Waals surface area contributed by atoms with Gasteiger partial charge in [0, 0.05) is 31.9 Å². The molecule has 0 aromatic heterocycles. The Morgan fingerprint density at radius 1 is 0.812 bits per heavy atom. The second-order valence-electron chi connectivity index (χ2n) is 7.66. The van der Waals surface area contributed by atoms with E-state index in [4.69, 9.17) is 4.74 Å². The zero-order valence-corrected chi connectivity index (χ0v) is 18.2. The van der Waals surface area contributed by atoms with Crippen molar-refractivity contribution < 1.29 is 14.3 Å². The highest BCUT2D eigenvalue weighted by Gasteiger charge is 2.31. The first kappa shape index (κ1) is 21.4. The summed E-state index contributed by atoms with van der Waals surface area (Å²) in [5.74, 6) is -0.170. The smallest absolute Gasteiger partial charge is 0.316 e. The first-order chi connectivity index (χ1) is 15.7. The van der Waals surface area contributed by atoms with E-state index in [1.165, 1.54) is 0 Å². The molecule has 0 bridgehead atoms. The molecule has 0 spiro atoms. The van der Waals surface area contributed by atoms with Crippen molar-refractivity contribution in [3.63, 3.8) is 0 Å². The minimum absolute atomic E-state index is 0.344. The first-order valence-corrected chi connectivity index (χ1v) is 10.7. The van der Waals surface area contributed by atoms with Crippen molar-refractivity contribution in [3.05, 3.63) is 90.5 Å². The number of carbonyl (C=O) groups is 2. The molecule has 1 saturated heterocycles. The molecular formula is C26H27N3O3. The molecule has 6 nitrogen and oxygen atoms in total. The minimum Gasteiger partial charge on any atom is -0.495 e. The fraction of sp³-hybridized carbons (Fsp3) is 0.231. The molecule has 0 unspecified atom stereocenters. The van der Waals surface area contributed by atoms with Crippen LogP contribution in [0, 0.1) is 0 Å². The summed E-state index contributed by atoms with van der Waals surface area (Å²) in [6.45, 7) is 2.59. The van der Waals surface area contributed by atoms with Gasteiger partial charge in [0.2, 0.25) is 0 Å². The van der Waals surface area contributed by atoms with E-state index in [0.717, 1.165) is 17.0 Å². The van der Waals surface area contributed by atoms with Crippen LogP contribution in [0.15, 0.2) is 84.9 Å². The van der Waals surface area contributed by atoms with Gasteiger partial charge in [0.05, 0.1) is 19.3 Å². The van der Waals surface area contributed by atoms with Crippen molar-refractivity contribution in [2.45, 2.75) is 6.54 Å². The summed E-state index contributed by atoms with van der Waals surface area (Å²) in [5.41, 5.74) is 2.68. The van der Waals surface area contributed by atoms with Crippen LogP contribution in [0.25, 0.3) is 0 Å². The molecule has 164 valence electrons. The maximum absolute atomic E-state index is 13.3. The predicted octanol–water partition coefficient (Wildman–Crippen LogP) is 3.58. The van der Waals surface area contributed by atoms with Crippen LogP contribution in [-0.4, -0.2) is 50.0 Å². The third-order valence-electron chi connectivity index (χ3n) is 5.67. The quantitative estimate of drug-likeness (QED) is 0.582. The monoisotopic (exact) mass is 429 g/mol. The van der Waals surface area contributed by atoms with Crippen molar-refractivity contribution in [2.24, 2.45) is 0 Å². The molecule has 2 amide bonds. The Balaban J connectivity index is 1.47. The number of piperazine rings is 1. The molecule has 1 aliphatic heterocycles. The van der Waals surface area contributed by atoms with E-state index in [0.29, 0.717) is 38.4 Å². The highest BCUT2D eigenvalue weighted by Crippen LogP contribution is 2.28. The lowest BCUT2D eigenvalue weighted by Gasteiger charge is -2.37. The average Bonchev–Trinajstić information content (AvgIpc) is 2.87. The number of hydrogen-bond acceptors (Lipinski definition) is 4. The summed E-state index contributed by atoms with van der Waals surface area (Å²) >= 11 is 0. The molecule has 3 aromatic rings. The van der Waals surface area contributed by atoms with Crippen LogP contribution in [0.1, 0.15) is 5.56 Å². The summed E-state index contributed by atoms with van der Waals surface area (Å²) in [6, 6.07) is 26.9. The van der Waals surface area contributed by atoms with Crippen molar-refractivity contribution in [2.75, 3.05) is 43.1 Å². The Kier molecular flexibility index (Phi) is 6.70. The normalized spacial score (nSPS) is 13.5. The molecule has 6 heteroatoms. The van der Waals surface area contributed by atoms with Crippen molar-refractivity contribution in [1.82, 2.24) is 4.90 Å². The number of para-hydroxylation sites is 3. The van der Waals surface area contributed by atoms with Gasteiger partial charge in [0.15, 0.2) is 0 Å². The van der Waals surface area contributed by atoms with Crippen LogP contribution in [-0.2, 0) is 16.1 Å². The number of hydrogen-bond donors (Lipinski definition) is 0. The van der Waals surface area contributed by atoms with Gasteiger partial charge >= 0.3 is 11.8 Å². The number of methoxy groups -OCH3 is 1. The second kappa shape index (κ2) is 10.0. The molecule has 0 N–H and O–H groups in total. The van der Waals surface area contributed by atoms with E-state index in [9.17, 15) is 9.59 Å². The molecule has 1 heterocycles. The van der Waals surface area contributed by atoms with Gasteiger partial charge in [-0.05, 0) is 29.8 Å². The van der Waals surface area contributed by atoms with Crippen LogP contribution in [0.5, 0.6) is 5.75 Å². The molecular weight excluding hydrogens is 402 g/mol. The minimum atomic E-state index is -0.509. The number of amides is 2. The lowest BCUT2D eigenvalue weighted by Crippen LogP contribution is -2.53. The molecule has 32 heavy (non-hydrogen) atoms. The second-order valence-corrected chi connectivity index (χ2v) is 7.66. The predicted molar refractivity (Wildman–Crippen MR) is 126 cm³/mol. The summed E-state index contributed by atoms with van der Waals surface area (Å²) in [4.78, 5) is 31.9. The number of ether oxygens (including phenoxy) is 1. The summed E-state index contributed by atoms with van der Waals surface area (Å²) in [7, 11) is 1.65. The van der Waals surface area contributed by atoms with Gasteiger partial charge in [-0.3, -0.25) is 14.5 Å². The number of anilines is 2. The number of benzene rings is 3. The maximum Gasteiger partial charge on any atom is 0.316 e. The van der Waals surface area contributed by atoms with Crippen LogP contribution < -0.4 is 14.5 Å². The van der Waals surface area contributed by atoms with Crippen LogP contribution >= 0.6 is 0 Å². The molecule has 3 aromatic carbocycles. The van der Waals surface area contributed by atoms with Gasteiger partial charge in [-0.15, -0.1) is 0 Å². The van der Waals surface area contributed by atoms with Crippen molar-refractivity contribution >= 4 is 23.2 Å². The lowest BCUT2D eigenvalue weighted by atomic mass is 10.2. The molecule has 0 radical (unpaired) electrons. The zero-order chi connectivity index (χ0) is 22.3. The van der Waals surface area contributed by atoms with Crippen molar-refractivity contribution in [3.8, 4) is 5.75 Å². The Labute approximate surface area is 188 Å². The van der Waals surface area contributed by atoms with Crippen LogP contribution in [0.4, 0.5) is 11.4 Å². The van der Waals surface area contributed by atoms with E-state index < -0.39 is 11.8 Å². The van der Waals surface area contributed by atoms with Crippen LogP contribution in [0.3, 0.4) is 0 Å².